The Morgan fingerprint density at radius 1 is 1.09 bits per heavy atom. The number of anilines is 1. The van der Waals surface area contributed by atoms with Crippen LogP contribution in [0.25, 0.3) is 33.4 Å². The van der Waals surface area contributed by atoms with E-state index in [0.29, 0.717) is 22.9 Å². The quantitative estimate of drug-likeness (QED) is 0.536. The Morgan fingerprint density at radius 3 is 2.84 bits per heavy atom. The molecule has 160 valence electrons. The van der Waals surface area contributed by atoms with E-state index in [1.165, 1.54) is 12.1 Å². The number of nitriles is 1. The SMILES string of the molecule is Cn1cc2cc(-c3cnc(N4CCCNCC4)nc3-c3ccc(C#N)c(F)c3)cnc2n1. The molecule has 1 aliphatic heterocycles. The number of aryl methyl sites for hydroxylation is 1. The largest absolute Gasteiger partial charge is 0.339 e. The van der Waals surface area contributed by atoms with E-state index < -0.39 is 5.82 Å². The zero-order chi connectivity index (χ0) is 22.1. The summed E-state index contributed by atoms with van der Waals surface area (Å²) < 4.78 is 16.2. The highest BCUT2D eigenvalue weighted by atomic mass is 19.1. The van der Waals surface area contributed by atoms with Gasteiger partial charge in [0, 0.05) is 67.3 Å². The molecule has 0 bridgehead atoms. The van der Waals surface area contributed by atoms with Crippen molar-refractivity contribution in [2.75, 3.05) is 31.1 Å². The van der Waals surface area contributed by atoms with Crippen molar-refractivity contribution < 1.29 is 4.39 Å². The molecular weight excluding hydrogens is 407 g/mol. The number of hydrogen-bond donors (Lipinski definition) is 1. The molecule has 0 unspecified atom stereocenters. The van der Waals surface area contributed by atoms with Gasteiger partial charge in [-0.1, -0.05) is 6.07 Å². The summed E-state index contributed by atoms with van der Waals surface area (Å²) in [6.45, 7) is 3.45. The first-order valence-electron chi connectivity index (χ1n) is 10.4. The standard InChI is InChI=1S/C23H21FN8/c1-31-14-18-9-17(12-27-22(18)30-31)19-13-28-23(32-7-2-5-26-6-8-32)29-21(19)15-3-4-16(11-25)20(24)10-15/h3-4,9-10,12-14,26H,2,5-8H2,1H3. The summed E-state index contributed by atoms with van der Waals surface area (Å²) in [6, 6.07) is 8.41. The highest BCUT2D eigenvalue weighted by Gasteiger charge is 2.18. The average Bonchev–Trinajstić information content (AvgIpc) is 2.98. The zero-order valence-corrected chi connectivity index (χ0v) is 17.6. The lowest BCUT2D eigenvalue weighted by molar-refractivity contribution is 0.624. The molecule has 0 saturated carbocycles. The van der Waals surface area contributed by atoms with E-state index in [2.05, 4.69) is 25.3 Å². The lowest BCUT2D eigenvalue weighted by atomic mass is 10.0. The molecule has 9 heteroatoms. The summed E-state index contributed by atoms with van der Waals surface area (Å²) in [5.41, 5.74) is 3.39. The average molecular weight is 428 g/mol. The highest BCUT2D eigenvalue weighted by Crippen LogP contribution is 2.33. The minimum Gasteiger partial charge on any atom is -0.339 e. The monoisotopic (exact) mass is 428 g/mol. The van der Waals surface area contributed by atoms with Gasteiger partial charge >= 0.3 is 0 Å². The molecule has 8 nitrogen and oxygen atoms in total. The number of aromatic nitrogens is 5. The van der Waals surface area contributed by atoms with Gasteiger partial charge in [0.1, 0.15) is 11.9 Å². The third kappa shape index (κ3) is 3.76. The van der Waals surface area contributed by atoms with Crippen LogP contribution in [-0.2, 0) is 7.05 Å². The van der Waals surface area contributed by atoms with Gasteiger partial charge < -0.3 is 10.2 Å². The zero-order valence-electron chi connectivity index (χ0n) is 17.6. The first-order valence-corrected chi connectivity index (χ1v) is 10.4. The molecule has 4 aromatic rings. The molecule has 4 heterocycles. The van der Waals surface area contributed by atoms with E-state index in [9.17, 15) is 4.39 Å². The van der Waals surface area contributed by atoms with Crippen LogP contribution in [0, 0.1) is 17.1 Å². The van der Waals surface area contributed by atoms with Crippen LogP contribution in [0.5, 0.6) is 0 Å². The van der Waals surface area contributed by atoms with Crippen LogP contribution in [0.15, 0.2) is 42.9 Å². The van der Waals surface area contributed by atoms with Gasteiger partial charge in [0.15, 0.2) is 5.65 Å². The van der Waals surface area contributed by atoms with Crippen LogP contribution in [0.3, 0.4) is 0 Å². The lowest BCUT2D eigenvalue weighted by Crippen LogP contribution is -2.29. The second kappa shape index (κ2) is 8.32. The number of rotatable bonds is 3. The summed E-state index contributed by atoms with van der Waals surface area (Å²) in [6.07, 6.45) is 6.39. The number of halogens is 1. The minimum atomic E-state index is -0.573. The van der Waals surface area contributed by atoms with Crippen molar-refractivity contribution in [1.29, 1.82) is 5.26 Å². The van der Waals surface area contributed by atoms with Gasteiger partial charge in [-0.25, -0.2) is 19.3 Å². The number of nitrogens with zero attached hydrogens (tertiary/aromatic N) is 7. The lowest BCUT2D eigenvalue weighted by Gasteiger charge is -2.21. The van der Waals surface area contributed by atoms with Crippen molar-refractivity contribution in [3.05, 3.63) is 54.2 Å². The number of hydrogen-bond acceptors (Lipinski definition) is 7. The predicted molar refractivity (Wildman–Crippen MR) is 119 cm³/mol. The molecular formula is C23H21FN8. The second-order valence-corrected chi connectivity index (χ2v) is 7.77. The third-order valence-electron chi connectivity index (χ3n) is 5.55. The Balaban J connectivity index is 1.66. The maximum atomic E-state index is 14.5. The molecule has 0 radical (unpaired) electrons. The molecule has 1 aromatic carbocycles. The topological polar surface area (TPSA) is 95.6 Å². The van der Waals surface area contributed by atoms with Crippen molar-refractivity contribution in [2.45, 2.75) is 6.42 Å². The summed E-state index contributed by atoms with van der Waals surface area (Å²) in [7, 11) is 1.85. The normalized spacial score (nSPS) is 14.3. The van der Waals surface area contributed by atoms with Crippen LogP contribution in [0.2, 0.25) is 0 Å². The maximum Gasteiger partial charge on any atom is 0.225 e. The van der Waals surface area contributed by atoms with Gasteiger partial charge in [0.05, 0.1) is 11.3 Å². The van der Waals surface area contributed by atoms with Gasteiger partial charge in [-0.05, 0) is 31.2 Å². The Hall–Kier alpha value is -3.90. The number of fused-ring (bicyclic) bond motifs is 1. The Kier molecular flexibility index (Phi) is 5.21. The molecule has 0 amide bonds. The van der Waals surface area contributed by atoms with Gasteiger partial charge in [0.25, 0.3) is 0 Å². The van der Waals surface area contributed by atoms with E-state index in [1.54, 1.807) is 23.1 Å². The van der Waals surface area contributed by atoms with Crippen LogP contribution in [-0.4, -0.2) is 50.9 Å². The van der Waals surface area contributed by atoms with Crippen LogP contribution < -0.4 is 10.2 Å². The Labute approximate surface area is 184 Å². The number of benzene rings is 1. The number of pyridine rings is 1. The minimum absolute atomic E-state index is 0.00150. The van der Waals surface area contributed by atoms with Crippen molar-refractivity contribution >= 4 is 17.0 Å². The van der Waals surface area contributed by atoms with Crippen LogP contribution >= 0.6 is 0 Å². The fraction of sp³-hybridized carbons (Fsp3) is 0.261. The molecule has 1 fully saturated rings. The fourth-order valence-corrected chi connectivity index (χ4v) is 3.93. The van der Waals surface area contributed by atoms with Gasteiger partial charge in [-0.15, -0.1) is 0 Å². The molecule has 0 atom stereocenters. The van der Waals surface area contributed by atoms with Crippen molar-refractivity contribution in [3.63, 3.8) is 0 Å². The van der Waals surface area contributed by atoms with Crippen molar-refractivity contribution in [1.82, 2.24) is 30.0 Å². The number of nitrogens with one attached hydrogen (secondary N) is 1. The van der Waals surface area contributed by atoms with Crippen molar-refractivity contribution in [2.24, 2.45) is 7.05 Å². The van der Waals surface area contributed by atoms with E-state index in [1.807, 2.05) is 25.4 Å². The summed E-state index contributed by atoms with van der Waals surface area (Å²) in [5.74, 6) is 0.0311. The van der Waals surface area contributed by atoms with E-state index in [0.717, 1.165) is 49.1 Å². The van der Waals surface area contributed by atoms with E-state index >= 15 is 0 Å². The first-order chi connectivity index (χ1) is 15.6. The molecule has 1 saturated heterocycles. The van der Waals surface area contributed by atoms with Gasteiger partial charge in [-0.3, -0.25) is 4.68 Å². The summed E-state index contributed by atoms with van der Waals surface area (Å²) >= 11 is 0. The second-order valence-electron chi connectivity index (χ2n) is 7.77. The fourth-order valence-electron chi connectivity index (χ4n) is 3.93. The van der Waals surface area contributed by atoms with E-state index in [4.69, 9.17) is 10.2 Å². The first kappa shape index (κ1) is 20.0. The predicted octanol–water partition coefficient (Wildman–Crippen LogP) is 2.90. The third-order valence-corrected chi connectivity index (χ3v) is 5.55. The summed E-state index contributed by atoms with van der Waals surface area (Å²) in [5, 5.41) is 17.7. The molecule has 0 aliphatic carbocycles. The molecule has 5 rings (SSSR count). The van der Waals surface area contributed by atoms with Gasteiger partial charge in [-0.2, -0.15) is 10.4 Å². The molecule has 1 N–H and O–H groups in total. The molecule has 3 aromatic heterocycles. The summed E-state index contributed by atoms with van der Waals surface area (Å²) in [4.78, 5) is 16.1. The van der Waals surface area contributed by atoms with E-state index in [-0.39, 0.29) is 5.56 Å². The van der Waals surface area contributed by atoms with Crippen LogP contribution in [0.4, 0.5) is 10.3 Å². The Bertz CT molecular complexity index is 1330. The van der Waals surface area contributed by atoms with Gasteiger partial charge in [0.2, 0.25) is 5.95 Å². The molecule has 0 spiro atoms. The molecule has 32 heavy (non-hydrogen) atoms. The van der Waals surface area contributed by atoms with Crippen molar-refractivity contribution in [3.8, 4) is 28.5 Å². The maximum absolute atomic E-state index is 14.5. The van der Waals surface area contributed by atoms with Crippen LogP contribution in [0.1, 0.15) is 12.0 Å². The Morgan fingerprint density at radius 2 is 2.00 bits per heavy atom. The highest BCUT2D eigenvalue weighted by molar-refractivity contribution is 5.86. The smallest absolute Gasteiger partial charge is 0.225 e. The molecule has 1 aliphatic rings.